The van der Waals surface area contributed by atoms with E-state index in [2.05, 4.69) is 13.8 Å². The molecule has 2 saturated carbocycles. The molecule has 3 aliphatic rings. The second kappa shape index (κ2) is 5.62. The van der Waals surface area contributed by atoms with Gasteiger partial charge in [-0.2, -0.15) is 0 Å². The van der Waals surface area contributed by atoms with Gasteiger partial charge in [-0.3, -0.25) is 0 Å². The highest BCUT2D eigenvalue weighted by molar-refractivity contribution is 5.14. The Morgan fingerprint density at radius 1 is 1.04 bits per heavy atom. The fraction of sp³-hybridized carbons (Fsp3) is 1.00. The molecule has 1 heterocycles. The first-order valence-corrected chi connectivity index (χ1v) is 8.27. The molecule has 1 aliphatic heterocycles. The fourth-order valence-corrected chi connectivity index (χ4v) is 4.85. The first kappa shape index (κ1) is 17.5. The van der Waals surface area contributed by atoms with E-state index in [-0.39, 0.29) is 11.5 Å². The van der Waals surface area contributed by atoms with E-state index in [1.807, 2.05) is 6.92 Å². The number of hydrogen-bond acceptors (Lipinski definition) is 7. The van der Waals surface area contributed by atoms with Crippen LogP contribution in [0.4, 0.5) is 0 Å². The molecule has 3 rings (SSSR count). The highest BCUT2D eigenvalue weighted by atomic mass is 16.7. The summed E-state index contributed by atoms with van der Waals surface area (Å²) in [5, 5.41) is 49.5. The molecule has 23 heavy (non-hydrogen) atoms. The van der Waals surface area contributed by atoms with Gasteiger partial charge in [0.2, 0.25) is 0 Å². The molecule has 134 valence electrons. The van der Waals surface area contributed by atoms with Crippen LogP contribution in [-0.2, 0) is 9.47 Å². The van der Waals surface area contributed by atoms with Crippen LogP contribution in [0.15, 0.2) is 0 Å². The Bertz CT molecular complexity index is 454. The average molecular weight is 332 g/mol. The molecule has 0 aromatic carbocycles. The third kappa shape index (κ3) is 2.45. The van der Waals surface area contributed by atoms with Crippen LogP contribution in [0.5, 0.6) is 0 Å². The summed E-state index contributed by atoms with van der Waals surface area (Å²) in [5.74, 6) is 0.317. The van der Waals surface area contributed by atoms with E-state index in [9.17, 15) is 25.5 Å². The summed E-state index contributed by atoms with van der Waals surface area (Å²) in [7, 11) is 0. The average Bonchev–Trinajstić information content (AvgIpc) is 2.89. The van der Waals surface area contributed by atoms with Crippen molar-refractivity contribution in [2.24, 2.45) is 16.7 Å². The molecule has 1 saturated heterocycles. The molecule has 5 N–H and O–H groups in total. The van der Waals surface area contributed by atoms with Gasteiger partial charge >= 0.3 is 0 Å². The van der Waals surface area contributed by atoms with Crippen LogP contribution in [0, 0.1) is 16.7 Å². The SMILES string of the molecule is CC1(C)C2CC(O)C(C)(C2)C1OC1OC(CO)C(O)C(O)C1O. The van der Waals surface area contributed by atoms with E-state index < -0.39 is 48.8 Å². The smallest absolute Gasteiger partial charge is 0.187 e. The second-order valence-electron chi connectivity index (χ2n) is 8.19. The number of hydrogen-bond donors (Lipinski definition) is 5. The zero-order valence-electron chi connectivity index (χ0n) is 13.8. The van der Waals surface area contributed by atoms with Crippen molar-refractivity contribution >= 4 is 0 Å². The normalized spacial score (nSPS) is 55.3. The second-order valence-corrected chi connectivity index (χ2v) is 8.19. The van der Waals surface area contributed by atoms with Gasteiger partial charge in [-0.05, 0) is 24.2 Å². The zero-order chi connectivity index (χ0) is 17.2. The van der Waals surface area contributed by atoms with Crippen LogP contribution in [0.3, 0.4) is 0 Å². The zero-order valence-corrected chi connectivity index (χ0v) is 13.8. The monoisotopic (exact) mass is 332 g/mol. The molecule has 7 heteroatoms. The van der Waals surface area contributed by atoms with Gasteiger partial charge in [-0.25, -0.2) is 0 Å². The first-order chi connectivity index (χ1) is 10.6. The number of rotatable bonds is 3. The van der Waals surface area contributed by atoms with Crippen LogP contribution in [0.2, 0.25) is 0 Å². The van der Waals surface area contributed by atoms with E-state index in [1.54, 1.807) is 0 Å². The molecule has 0 amide bonds. The van der Waals surface area contributed by atoms with E-state index in [4.69, 9.17) is 9.47 Å². The molecular formula is C16H28O7. The summed E-state index contributed by atoms with van der Waals surface area (Å²) in [6, 6.07) is 0. The quantitative estimate of drug-likeness (QED) is 0.449. The molecule has 3 fully saturated rings. The van der Waals surface area contributed by atoms with Gasteiger partial charge in [0, 0.05) is 5.41 Å². The summed E-state index contributed by atoms with van der Waals surface area (Å²) in [6.45, 7) is 5.63. The van der Waals surface area contributed by atoms with Crippen molar-refractivity contribution in [2.75, 3.05) is 6.61 Å². The first-order valence-electron chi connectivity index (χ1n) is 8.27. The van der Waals surface area contributed by atoms with Crippen LogP contribution >= 0.6 is 0 Å². The standard InChI is InChI=1S/C16H28O7/c1-15(2)7-4-9(18)16(3,5-7)14(15)23-13-12(21)11(20)10(19)8(6-17)22-13/h7-14,17-21H,4-6H2,1-3H3. The van der Waals surface area contributed by atoms with Gasteiger partial charge in [0.25, 0.3) is 0 Å². The minimum Gasteiger partial charge on any atom is -0.394 e. The summed E-state index contributed by atoms with van der Waals surface area (Å²) in [6.07, 6.45) is -5.67. The molecule has 0 spiro atoms. The van der Waals surface area contributed by atoms with Crippen molar-refractivity contribution < 1.29 is 35.0 Å². The minimum atomic E-state index is -1.45. The van der Waals surface area contributed by atoms with Gasteiger partial charge < -0.3 is 35.0 Å². The summed E-state index contributed by atoms with van der Waals surface area (Å²) >= 11 is 0. The maximum absolute atomic E-state index is 10.4. The molecule has 2 bridgehead atoms. The van der Waals surface area contributed by atoms with E-state index in [0.29, 0.717) is 5.92 Å². The third-order valence-corrected chi connectivity index (χ3v) is 6.40. The Hall–Kier alpha value is -0.280. The van der Waals surface area contributed by atoms with Crippen molar-refractivity contribution in [1.29, 1.82) is 0 Å². The largest absolute Gasteiger partial charge is 0.394 e. The predicted octanol–water partition coefficient (Wildman–Crippen LogP) is -1.01. The van der Waals surface area contributed by atoms with Crippen LogP contribution in [0.25, 0.3) is 0 Å². The summed E-state index contributed by atoms with van der Waals surface area (Å²) < 4.78 is 11.5. The minimum absolute atomic E-state index is 0.202. The Morgan fingerprint density at radius 3 is 2.26 bits per heavy atom. The lowest BCUT2D eigenvalue weighted by Gasteiger charge is -2.48. The molecule has 2 aliphatic carbocycles. The van der Waals surface area contributed by atoms with Crippen LogP contribution < -0.4 is 0 Å². The summed E-state index contributed by atoms with van der Waals surface area (Å²) in [5.41, 5.74) is -0.639. The maximum atomic E-state index is 10.4. The fourth-order valence-electron chi connectivity index (χ4n) is 4.85. The molecule has 9 unspecified atom stereocenters. The number of ether oxygens (including phenoxy) is 2. The molecular weight excluding hydrogens is 304 g/mol. The predicted molar refractivity (Wildman–Crippen MR) is 79.3 cm³/mol. The topological polar surface area (TPSA) is 120 Å². The van der Waals surface area contributed by atoms with Gasteiger partial charge in [0.15, 0.2) is 6.29 Å². The van der Waals surface area contributed by atoms with Crippen molar-refractivity contribution in [3.63, 3.8) is 0 Å². The highest BCUT2D eigenvalue weighted by Crippen LogP contribution is 2.63. The Kier molecular flexibility index (Phi) is 4.29. The van der Waals surface area contributed by atoms with Crippen molar-refractivity contribution in [2.45, 2.75) is 76.5 Å². The number of fused-ring (bicyclic) bond motifs is 2. The van der Waals surface area contributed by atoms with Crippen molar-refractivity contribution in [3.8, 4) is 0 Å². The van der Waals surface area contributed by atoms with E-state index >= 15 is 0 Å². The Morgan fingerprint density at radius 2 is 1.70 bits per heavy atom. The highest BCUT2D eigenvalue weighted by Gasteiger charge is 2.65. The Labute approximate surface area is 135 Å². The van der Waals surface area contributed by atoms with E-state index in [0.717, 1.165) is 12.8 Å². The lowest BCUT2D eigenvalue weighted by Crippen LogP contribution is -2.61. The van der Waals surface area contributed by atoms with Crippen LogP contribution in [0.1, 0.15) is 33.6 Å². The van der Waals surface area contributed by atoms with Crippen molar-refractivity contribution in [3.05, 3.63) is 0 Å². The van der Waals surface area contributed by atoms with Gasteiger partial charge in [-0.1, -0.05) is 20.8 Å². The van der Waals surface area contributed by atoms with Gasteiger partial charge in [0.1, 0.15) is 24.4 Å². The third-order valence-electron chi connectivity index (χ3n) is 6.40. The molecule has 7 nitrogen and oxygen atoms in total. The van der Waals surface area contributed by atoms with E-state index in [1.165, 1.54) is 0 Å². The molecule has 0 aromatic heterocycles. The molecule has 9 atom stereocenters. The molecule has 0 aromatic rings. The molecule has 0 radical (unpaired) electrons. The lowest BCUT2D eigenvalue weighted by molar-refractivity contribution is -0.330. The number of aliphatic hydroxyl groups is 5. The number of aliphatic hydroxyl groups excluding tert-OH is 5. The Balaban J connectivity index is 1.80. The summed E-state index contributed by atoms with van der Waals surface area (Å²) in [4.78, 5) is 0. The lowest BCUT2D eigenvalue weighted by atomic mass is 9.68. The van der Waals surface area contributed by atoms with Crippen LogP contribution in [-0.4, -0.2) is 75.1 Å². The maximum Gasteiger partial charge on any atom is 0.187 e. The van der Waals surface area contributed by atoms with Gasteiger partial charge in [-0.15, -0.1) is 0 Å². The van der Waals surface area contributed by atoms with Crippen molar-refractivity contribution in [1.82, 2.24) is 0 Å². The van der Waals surface area contributed by atoms with Gasteiger partial charge in [0.05, 0.1) is 18.8 Å².